The Bertz CT molecular complexity index is 745. The summed E-state index contributed by atoms with van der Waals surface area (Å²) in [5, 5.41) is 13.9. The van der Waals surface area contributed by atoms with Crippen LogP contribution in [0.15, 0.2) is 35.0 Å². The molecular formula is C12H7ClN2O3. The molecule has 2 N–H and O–H groups in total. The lowest BCUT2D eigenvalue weighted by Gasteiger charge is -1.98. The molecule has 0 fully saturated rings. The Balaban J connectivity index is 2.24. The maximum atomic E-state index is 10.8. The molecule has 0 aliphatic carbocycles. The average molecular weight is 263 g/mol. The lowest BCUT2D eigenvalue weighted by atomic mass is 10.1. The molecule has 5 nitrogen and oxygen atoms in total. The molecule has 2 aromatic heterocycles. The zero-order chi connectivity index (χ0) is 12.7. The van der Waals surface area contributed by atoms with Crippen molar-refractivity contribution in [1.82, 2.24) is 10.1 Å². The zero-order valence-corrected chi connectivity index (χ0v) is 9.73. The first kappa shape index (κ1) is 10.9. The predicted molar refractivity (Wildman–Crippen MR) is 65.8 cm³/mol. The van der Waals surface area contributed by atoms with Gasteiger partial charge in [0.2, 0.25) is 5.76 Å². The van der Waals surface area contributed by atoms with Crippen molar-refractivity contribution < 1.29 is 14.4 Å². The first-order valence-corrected chi connectivity index (χ1v) is 5.50. The summed E-state index contributed by atoms with van der Waals surface area (Å²) < 4.78 is 4.74. The molecule has 0 atom stereocenters. The molecule has 0 aliphatic rings. The zero-order valence-electron chi connectivity index (χ0n) is 8.98. The Morgan fingerprint density at radius 2 is 2.28 bits per heavy atom. The molecule has 0 amide bonds. The highest BCUT2D eigenvalue weighted by atomic mass is 35.5. The number of hydrogen-bond donors (Lipinski definition) is 2. The standard InChI is InChI=1S/C12H7ClN2O3/c13-7-5-14-8-3-1-2-6(11(7)8)9-4-10(12(16)17)18-15-9/h1-5,14H,(H,16,17). The van der Waals surface area contributed by atoms with Crippen LogP contribution in [-0.2, 0) is 0 Å². The molecule has 0 spiro atoms. The minimum Gasteiger partial charge on any atom is -0.475 e. The van der Waals surface area contributed by atoms with Gasteiger partial charge >= 0.3 is 5.97 Å². The number of carboxylic acids is 1. The molecule has 0 radical (unpaired) electrons. The van der Waals surface area contributed by atoms with Crippen LogP contribution in [0.5, 0.6) is 0 Å². The van der Waals surface area contributed by atoms with Crippen molar-refractivity contribution in [2.75, 3.05) is 0 Å². The van der Waals surface area contributed by atoms with Gasteiger partial charge in [-0.1, -0.05) is 28.9 Å². The van der Waals surface area contributed by atoms with Gasteiger partial charge in [0, 0.05) is 28.7 Å². The topological polar surface area (TPSA) is 79.1 Å². The van der Waals surface area contributed by atoms with Crippen LogP contribution in [0.2, 0.25) is 5.02 Å². The van der Waals surface area contributed by atoms with Crippen LogP contribution < -0.4 is 0 Å². The normalized spacial score (nSPS) is 10.9. The number of aromatic carboxylic acids is 1. The van der Waals surface area contributed by atoms with Crippen molar-refractivity contribution in [2.24, 2.45) is 0 Å². The van der Waals surface area contributed by atoms with Gasteiger partial charge in [0.25, 0.3) is 0 Å². The SMILES string of the molecule is O=C(O)c1cc(-c2cccc3[nH]cc(Cl)c23)no1. The van der Waals surface area contributed by atoms with E-state index in [1.807, 2.05) is 18.2 Å². The lowest BCUT2D eigenvalue weighted by Crippen LogP contribution is -1.91. The fourth-order valence-corrected chi connectivity index (χ4v) is 2.12. The van der Waals surface area contributed by atoms with Crippen LogP contribution in [0.1, 0.15) is 10.6 Å². The first-order valence-electron chi connectivity index (χ1n) is 5.13. The van der Waals surface area contributed by atoms with Gasteiger partial charge in [-0.15, -0.1) is 0 Å². The number of aromatic nitrogens is 2. The number of hydrogen-bond acceptors (Lipinski definition) is 3. The number of rotatable bonds is 2. The maximum absolute atomic E-state index is 10.8. The highest BCUT2D eigenvalue weighted by Gasteiger charge is 2.15. The van der Waals surface area contributed by atoms with Crippen LogP contribution >= 0.6 is 11.6 Å². The van der Waals surface area contributed by atoms with Gasteiger partial charge in [0.1, 0.15) is 5.69 Å². The number of benzene rings is 1. The van der Waals surface area contributed by atoms with Crippen molar-refractivity contribution >= 4 is 28.5 Å². The molecule has 3 rings (SSSR count). The van der Waals surface area contributed by atoms with Crippen molar-refractivity contribution in [3.8, 4) is 11.3 Å². The van der Waals surface area contributed by atoms with Gasteiger partial charge in [-0.3, -0.25) is 0 Å². The molecule has 3 aromatic rings. The third kappa shape index (κ3) is 1.56. The lowest BCUT2D eigenvalue weighted by molar-refractivity contribution is 0.0652. The van der Waals surface area contributed by atoms with Crippen LogP contribution in [0.4, 0.5) is 0 Å². The number of nitrogens with one attached hydrogen (secondary N) is 1. The van der Waals surface area contributed by atoms with Gasteiger partial charge in [-0.25, -0.2) is 4.79 Å². The van der Waals surface area contributed by atoms with Crippen LogP contribution in [-0.4, -0.2) is 21.2 Å². The smallest absolute Gasteiger partial charge is 0.374 e. The van der Waals surface area contributed by atoms with E-state index in [0.29, 0.717) is 10.7 Å². The summed E-state index contributed by atoms with van der Waals surface area (Å²) in [6.07, 6.45) is 1.67. The molecule has 18 heavy (non-hydrogen) atoms. The van der Waals surface area contributed by atoms with Crippen LogP contribution in [0, 0.1) is 0 Å². The third-order valence-electron chi connectivity index (χ3n) is 2.65. The van der Waals surface area contributed by atoms with Gasteiger partial charge < -0.3 is 14.6 Å². The van der Waals surface area contributed by atoms with Crippen molar-refractivity contribution in [3.05, 3.63) is 41.2 Å². The predicted octanol–water partition coefficient (Wildman–Crippen LogP) is 3.17. The van der Waals surface area contributed by atoms with E-state index in [4.69, 9.17) is 21.2 Å². The molecule has 2 heterocycles. The van der Waals surface area contributed by atoms with Crippen molar-refractivity contribution in [3.63, 3.8) is 0 Å². The maximum Gasteiger partial charge on any atom is 0.374 e. The minimum atomic E-state index is -1.15. The summed E-state index contributed by atoms with van der Waals surface area (Å²) in [5.41, 5.74) is 2.03. The third-order valence-corrected chi connectivity index (χ3v) is 2.95. The highest BCUT2D eigenvalue weighted by molar-refractivity contribution is 6.36. The molecular weight excluding hydrogens is 256 g/mol. The summed E-state index contributed by atoms with van der Waals surface area (Å²) in [4.78, 5) is 13.8. The van der Waals surface area contributed by atoms with E-state index in [1.165, 1.54) is 6.07 Å². The van der Waals surface area contributed by atoms with E-state index in [1.54, 1.807) is 6.20 Å². The highest BCUT2D eigenvalue weighted by Crippen LogP contribution is 2.33. The number of carboxylic acid groups (broad SMARTS) is 1. The molecule has 90 valence electrons. The number of fused-ring (bicyclic) bond motifs is 1. The number of H-pyrrole nitrogens is 1. The van der Waals surface area contributed by atoms with E-state index >= 15 is 0 Å². The van der Waals surface area contributed by atoms with E-state index in [0.717, 1.165) is 16.5 Å². The van der Waals surface area contributed by atoms with E-state index in [2.05, 4.69) is 10.1 Å². The average Bonchev–Trinajstić information content (AvgIpc) is 2.96. The quantitative estimate of drug-likeness (QED) is 0.743. The summed E-state index contributed by atoms with van der Waals surface area (Å²) in [6.45, 7) is 0. The van der Waals surface area contributed by atoms with Gasteiger partial charge in [0.15, 0.2) is 0 Å². The second-order valence-corrected chi connectivity index (χ2v) is 4.15. The summed E-state index contributed by atoms with van der Waals surface area (Å²) in [5.74, 6) is -1.35. The summed E-state index contributed by atoms with van der Waals surface area (Å²) in [6, 6.07) is 6.90. The van der Waals surface area contributed by atoms with Gasteiger partial charge in [-0.05, 0) is 6.07 Å². The monoisotopic (exact) mass is 262 g/mol. The van der Waals surface area contributed by atoms with Gasteiger partial charge in [0.05, 0.1) is 5.02 Å². The summed E-state index contributed by atoms with van der Waals surface area (Å²) >= 11 is 6.09. The van der Waals surface area contributed by atoms with E-state index < -0.39 is 5.97 Å². The van der Waals surface area contributed by atoms with E-state index in [-0.39, 0.29) is 5.76 Å². The molecule has 0 saturated heterocycles. The molecule has 0 saturated carbocycles. The molecule has 6 heteroatoms. The number of aromatic amines is 1. The largest absolute Gasteiger partial charge is 0.475 e. The fraction of sp³-hybridized carbons (Fsp3) is 0. The van der Waals surface area contributed by atoms with Gasteiger partial charge in [-0.2, -0.15) is 0 Å². The Kier molecular flexibility index (Phi) is 2.34. The van der Waals surface area contributed by atoms with Crippen molar-refractivity contribution in [1.29, 1.82) is 0 Å². The Morgan fingerprint density at radius 3 is 3.00 bits per heavy atom. The minimum absolute atomic E-state index is 0.200. The van der Waals surface area contributed by atoms with E-state index in [9.17, 15) is 4.79 Å². The van der Waals surface area contributed by atoms with Crippen LogP contribution in [0.3, 0.4) is 0 Å². The Labute approximate surface area is 106 Å². The Morgan fingerprint density at radius 1 is 1.44 bits per heavy atom. The second kappa shape index (κ2) is 3.89. The number of halogens is 1. The molecule has 1 aromatic carbocycles. The Hall–Kier alpha value is -2.27. The molecule has 0 aliphatic heterocycles. The fourth-order valence-electron chi connectivity index (χ4n) is 1.86. The number of nitrogens with zero attached hydrogens (tertiary/aromatic N) is 1. The van der Waals surface area contributed by atoms with Crippen LogP contribution in [0.25, 0.3) is 22.2 Å². The molecule has 0 unspecified atom stereocenters. The number of carbonyl (C=O) groups is 1. The second-order valence-electron chi connectivity index (χ2n) is 3.75. The van der Waals surface area contributed by atoms with Crippen molar-refractivity contribution in [2.45, 2.75) is 0 Å². The first-order chi connectivity index (χ1) is 8.66. The summed E-state index contributed by atoms with van der Waals surface area (Å²) in [7, 11) is 0. The molecule has 0 bridgehead atoms.